The molecule has 2 rings (SSSR count). The van der Waals surface area contributed by atoms with Gasteiger partial charge < -0.3 is 0 Å². The van der Waals surface area contributed by atoms with Gasteiger partial charge in [0.25, 0.3) is 0 Å². The molecule has 0 radical (unpaired) electrons. The van der Waals surface area contributed by atoms with Crippen LogP contribution in [0.15, 0.2) is 96.2 Å². The molecule has 0 aromatic rings. The van der Waals surface area contributed by atoms with E-state index >= 15 is 0 Å². The molecule has 0 fully saturated rings. The fourth-order valence-corrected chi connectivity index (χ4v) is 2.57. The first-order valence-electron chi connectivity index (χ1n) is 5.99. The second-order valence-corrected chi connectivity index (χ2v) is 5.26. The third kappa shape index (κ3) is 3.85. The van der Waals surface area contributed by atoms with Gasteiger partial charge in [0.15, 0.2) is 0 Å². The Bertz CT molecular complexity index is 472. The predicted octanol–water partition coefficient (Wildman–Crippen LogP) is 4.54. The Morgan fingerprint density at radius 1 is 0.556 bits per heavy atom. The summed E-state index contributed by atoms with van der Waals surface area (Å²) in [4.78, 5) is 0. The molecular weight excluding hydrogens is 297 g/mol. The number of allylic oxidation sites excluding steroid dienone is 16. The average Bonchev–Trinajstić information content (AvgIpc) is 2.27. The van der Waals surface area contributed by atoms with Crippen LogP contribution in [0.25, 0.3) is 0 Å². The molecule has 2 aliphatic carbocycles. The van der Waals surface area contributed by atoms with E-state index in [1.54, 1.807) is 0 Å². The zero-order valence-corrected chi connectivity index (χ0v) is 12.3. The maximum absolute atomic E-state index is 2.19. The summed E-state index contributed by atoms with van der Waals surface area (Å²) in [5.74, 6) is 0. The monoisotopic (exact) mass is 312 g/mol. The zero-order valence-electron chi connectivity index (χ0n) is 10.1. The Balaban J connectivity index is 2.22. The summed E-state index contributed by atoms with van der Waals surface area (Å²) in [7, 11) is 0. The van der Waals surface area contributed by atoms with Crippen molar-refractivity contribution < 1.29 is 21.1 Å². The summed E-state index contributed by atoms with van der Waals surface area (Å²) in [6.45, 7) is 0. The van der Waals surface area contributed by atoms with Crippen LogP contribution in [0.5, 0.6) is 0 Å². The Kier molecular flexibility index (Phi) is 5.22. The van der Waals surface area contributed by atoms with Crippen LogP contribution in [0.1, 0.15) is 0 Å². The van der Waals surface area contributed by atoms with Crippen molar-refractivity contribution in [1.82, 2.24) is 0 Å². The van der Waals surface area contributed by atoms with Gasteiger partial charge in [-0.15, -0.1) is 0 Å². The van der Waals surface area contributed by atoms with Gasteiger partial charge in [-0.25, -0.2) is 0 Å². The molecule has 2 aliphatic rings. The Morgan fingerprint density at radius 2 is 0.944 bits per heavy atom. The van der Waals surface area contributed by atoms with Gasteiger partial charge >= 0.3 is 121 Å². The van der Waals surface area contributed by atoms with E-state index in [-0.39, 0.29) is 0 Å². The van der Waals surface area contributed by atoms with E-state index in [2.05, 4.69) is 72.9 Å². The molecule has 0 atom stereocenters. The molecule has 18 heavy (non-hydrogen) atoms. The van der Waals surface area contributed by atoms with E-state index in [1.807, 2.05) is 33.2 Å². The summed E-state index contributed by atoms with van der Waals surface area (Å²) >= 11 is 1.83. The summed E-state index contributed by atoms with van der Waals surface area (Å²) in [6.07, 6.45) is 29.5. The molecule has 0 unspecified atom stereocenters. The maximum atomic E-state index is 2.19. The summed E-state index contributed by atoms with van der Waals surface area (Å²) < 4.78 is 0.443. The molecule has 1 heteroatoms. The Morgan fingerprint density at radius 3 is 1.44 bits per heavy atom. The molecular formula is C17H15Nb. The molecule has 0 aromatic carbocycles. The average molecular weight is 312 g/mol. The van der Waals surface area contributed by atoms with Crippen molar-refractivity contribution in [1.29, 1.82) is 0 Å². The molecule has 0 aromatic heterocycles. The second-order valence-electron chi connectivity index (χ2n) is 3.99. The minimum atomic E-state index is 0.443. The van der Waals surface area contributed by atoms with E-state index in [9.17, 15) is 0 Å². The molecule has 0 heterocycles. The fourth-order valence-electron chi connectivity index (χ4n) is 1.72. The van der Waals surface area contributed by atoms with Crippen molar-refractivity contribution in [3.63, 3.8) is 0 Å². The van der Waals surface area contributed by atoms with Crippen molar-refractivity contribution in [2.45, 2.75) is 4.14 Å². The van der Waals surface area contributed by atoms with Gasteiger partial charge in [-0.05, 0) is 0 Å². The zero-order chi connectivity index (χ0) is 12.6. The van der Waals surface area contributed by atoms with Gasteiger partial charge in [-0.3, -0.25) is 0 Å². The Labute approximate surface area is 121 Å². The van der Waals surface area contributed by atoms with Crippen molar-refractivity contribution >= 4 is 0 Å². The number of hydrogen-bond acceptors (Lipinski definition) is 0. The third-order valence-corrected chi connectivity index (χ3v) is 4.14. The SMILES string of the molecule is [Nb][CH](C1=CC=CC=CC=C1)C1=CC=CC=CC=C1. The molecule has 0 amide bonds. The minimum absolute atomic E-state index is 0.443. The van der Waals surface area contributed by atoms with Gasteiger partial charge in [-0.2, -0.15) is 0 Å². The van der Waals surface area contributed by atoms with E-state index < -0.39 is 0 Å². The van der Waals surface area contributed by atoms with Gasteiger partial charge in [0.05, 0.1) is 0 Å². The van der Waals surface area contributed by atoms with E-state index in [0.717, 1.165) is 0 Å². The van der Waals surface area contributed by atoms with Crippen LogP contribution in [-0.2, 0) is 21.1 Å². The van der Waals surface area contributed by atoms with Crippen LogP contribution in [0.4, 0.5) is 0 Å². The van der Waals surface area contributed by atoms with Crippen LogP contribution in [-0.4, -0.2) is 0 Å². The van der Waals surface area contributed by atoms with Crippen molar-refractivity contribution in [2.24, 2.45) is 0 Å². The summed E-state index contributed by atoms with van der Waals surface area (Å²) in [5, 5.41) is 0. The van der Waals surface area contributed by atoms with Gasteiger partial charge in [-0.1, -0.05) is 0 Å². The molecule has 0 saturated heterocycles. The first kappa shape index (κ1) is 13.1. The first-order valence-corrected chi connectivity index (χ1v) is 7.26. The summed E-state index contributed by atoms with van der Waals surface area (Å²) in [5.41, 5.74) is 2.69. The molecule has 0 spiro atoms. The predicted molar refractivity (Wildman–Crippen MR) is 74.8 cm³/mol. The van der Waals surface area contributed by atoms with Crippen molar-refractivity contribution in [2.75, 3.05) is 0 Å². The molecule has 0 saturated carbocycles. The summed E-state index contributed by atoms with van der Waals surface area (Å²) in [6, 6.07) is 0. The van der Waals surface area contributed by atoms with Crippen LogP contribution in [0.3, 0.4) is 0 Å². The third-order valence-electron chi connectivity index (χ3n) is 2.68. The van der Waals surface area contributed by atoms with Crippen LogP contribution >= 0.6 is 0 Å². The van der Waals surface area contributed by atoms with Gasteiger partial charge in [0.1, 0.15) is 0 Å². The standard InChI is InChI=1S/C17H15.Nb/c1-3-7-11-16(12-8-4-1)15-17-13-9-5-2-6-10-14-17;/h1-15H;. The molecule has 0 bridgehead atoms. The quantitative estimate of drug-likeness (QED) is 0.657. The first-order chi connectivity index (χ1) is 8.88. The number of rotatable bonds is 2. The van der Waals surface area contributed by atoms with Crippen molar-refractivity contribution in [3.05, 3.63) is 96.2 Å². The second kappa shape index (κ2) is 7.17. The number of hydrogen-bond donors (Lipinski definition) is 0. The Hall–Kier alpha value is -1.34. The molecule has 88 valence electrons. The van der Waals surface area contributed by atoms with Crippen molar-refractivity contribution in [3.8, 4) is 0 Å². The topological polar surface area (TPSA) is 0 Å². The van der Waals surface area contributed by atoms with E-state index in [0.29, 0.717) is 4.14 Å². The van der Waals surface area contributed by atoms with E-state index in [1.165, 1.54) is 11.1 Å². The fraction of sp³-hybridized carbons (Fsp3) is 0.0588. The van der Waals surface area contributed by atoms with Gasteiger partial charge in [0.2, 0.25) is 0 Å². The van der Waals surface area contributed by atoms with E-state index in [4.69, 9.17) is 0 Å². The van der Waals surface area contributed by atoms with Crippen LogP contribution in [0, 0.1) is 0 Å². The molecule has 0 aliphatic heterocycles. The molecule has 0 nitrogen and oxygen atoms in total. The van der Waals surface area contributed by atoms with Crippen LogP contribution in [0.2, 0.25) is 4.14 Å². The van der Waals surface area contributed by atoms with Crippen LogP contribution < -0.4 is 0 Å². The van der Waals surface area contributed by atoms with Gasteiger partial charge in [0, 0.05) is 0 Å². The molecule has 0 N–H and O–H groups in total. The normalized spacial score (nSPS) is 19.6.